The van der Waals surface area contributed by atoms with Gasteiger partial charge < -0.3 is 20.9 Å². The lowest BCUT2D eigenvalue weighted by Crippen LogP contribution is -2.30. The maximum absolute atomic E-state index is 5.71. The molecule has 0 aromatic heterocycles. The van der Waals surface area contributed by atoms with Crippen molar-refractivity contribution < 1.29 is 9.47 Å². The summed E-state index contributed by atoms with van der Waals surface area (Å²) >= 11 is 0. The molecule has 134 valence electrons. The Labute approximate surface area is 151 Å². The van der Waals surface area contributed by atoms with E-state index < -0.39 is 0 Å². The molecule has 4 N–H and O–H groups in total. The minimum atomic E-state index is -0.0263. The van der Waals surface area contributed by atoms with Crippen molar-refractivity contribution >= 4 is 24.1 Å². The minimum absolute atomic E-state index is 0.0263. The van der Waals surface area contributed by atoms with Crippen LogP contribution in [0.3, 0.4) is 0 Å². The van der Waals surface area contributed by atoms with E-state index in [1.54, 1.807) is 26.6 Å². The maximum Gasteiger partial charge on any atom is 0.190 e. The van der Waals surface area contributed by atoms with Gasteiger partial charge in [-0.2, -0.15) is 10.2 Å². The van der Waals surface area contributed by atoms with Crippen molar-refractivity contribution in [2.24, 2.45) is 31.9 Å². The molecule has 0 bridgehead atoms. The summed E-state index contributed by atoms with van der Waals surface area (Å²) in [6, 6.07) is 14.6. The molecule has 0 radical (unpaired) electrons. The molecule has 2 aromatic carbocycles. The van der Waals surface area contributed by atoms with E-state index in [2.05, 4.69) is 20.4 Å². The summed E-state index contributed by atoms with van der Waals surface area (Å²) in [5.41, 5.74) is 13.1. The molecule has 8 nitrogen and oxygen atoms in total. The molecule has 8 heteroatoms. The lowest BCUT2D eigenvalue weighted by atomic mass is 10.2. The zero-order chi connectivity index (χ0) is 18.8. The highest BCUT2D eigenvalue weighted by molar-refractivity contribution is 6.39. The molecule has 2 rings (SSSR count). The number of rotatable bonds is 6. The fourth-order valence-electron chi connectivity index (χ4n) is 1.80. The molecule has 0 aliphatic rings. The summed E-state index contributed by atoms with van der Waals surface area (Å²) in [4.78, 5) is 0. The molecule has 0 saturated carbocycles. The Kier molecular flexibility index (Phi) is 6.87. The van der Waals surface area contributed by atoms with Crippen LogP contribution in [-0.2, 0) is 0 Å². The first-order valence-electron chi connectivity index (χ1n) is 7.64. The predicted molar refractivity (Wildman–Crippen MR) is 104 cm³/mol. The lowest BCUT2D eigenvalue weighted by Gasteiger charge is -1.98. The van der Waals surface area contributed by atoms with Gasteiger partial charge in [-0.25, -0.2) is 0 Å². The average molecular weight is 352 g/mol. The van der Waals surface area contributed by atoms with Crippen molar-refractivity contribution in [3.63, 3.8) is 0 Å². The van der Waals surface area contributed by atoms with Gasteiger partial charge in [0.25, 0.3) is 0 Å². The van der Waals surface area contributed by atoms with Gasteiger partial charge >= 0.3 is 0 Å². The summed E-state index contributed by atoms with van der Waals surface area (Å²) in [6.45, 7) is 0. The van der Waals surface area contributed by atoms with E-state index >= 15 is 0 Å². The van der Waals surface area contributed by atoms with E-state index in [1.165, 1.54) is 0 Å². The first-order chi connectivity index (χ1) is 12.6. The molecule has 0 aliphatic heterocycles. The van der Waals surface area contributed by atoms with Crippen LogP contribution in [0.2, 0.25) is 0 Å². The number of nitrogens with two attached hydrogens (primary N) is 2. The molecule has 0 aliphatic carbocycles. The number of benzene rings is 2. The molecule has 0 amide bonds. The number of hydrogen-bond donors (Lipinski definition) is 2. The fraction of sp³-hybridized carbons (Fsp3) is 0.111. The van der Waals surface area contributed by atoms with E-state index in [0.717, 1.165) is 22.6 Å². The second kappa shape index (κ2) is 9.58. The molecule has 0 spiro atoms. The van der Waals surface area contributed by atoms with Crippen LogP contribution < -0.4 is 20.9 Å². The molecule has 0 atom stereocenters. The van der Waals surface area contributed by atoms with Crippen LogP contribution in [-0.4, -0.2) is 38.3 Å². The number of amidine groups is 2. The fourth-order valence-corrected chi connectivity index (χ4v) is 1.80. The maximum atomic E-state index is 5.71. The van der Waals surface area contributed by atoms with Gasteiger partial charge in [0.2, 0.25) is 0 Å². The van der Waals surface area contributed by atoms with Crippen molar-refractivity contribution in [2.75, 3.05) is 14.2 Å². The summed E-state index contributed by atoms with van der Waals surface area (Å²) < 4.78 is 10.2. The van der Waals surface area contributed by atoms with E-state index in [-0.39, 0.29) is 11.7 Å². The summed E-state index contributed by atoms with van der Waals surface area (Å²) in [5.74, 6) is 1.47. The molecule has 0 saturated heterocycles. The number of methoxy groups -OCH3 is 2. The Morgan fingerprint density at radius 3 is 1.35 bits per heavy atom. The van der Waals surface area contributed by atoms with E-state index in [1.807, 2.05) is 48.5 Å². The van der Waals surface area contributed by atoms with Crippen molar-refractivity contribution in [3.05, 3.63) is 59.7 Å². The van der Waals surface area contributed by atoms with Crippen molar-refractivity contribution in [1.82, 2.24) is 0 Å². The van der Waals surface area contributed by atoms with E-state index in [0.29, 0.717) is 0 Å². The van der Waals surface area contributed by atoms with E-state index in [4.69, 9.17) is 20.9 Å². The third kappa shape index (κ3) is 5.75. The summed E-state index contributed by atoms with van der Waals surface area (Å²) in [6.07, 6.45) is 3.08. The van der Waals surface area contributed by atoms with Crippen molar-refractivity contribution in [3.8, 4) is 11.5 Å². The monoisotopic (exact) mass is 352 g/mol. The van der Waals surface area contributed by atoms with Gasteiger partial charge in [0.1, 0.15) is 11.5 Å². The first kappa shape index (κ1) is 18.7. The number of ether oxygens (including phenoxy) is 2. The van der Waals surface area contributed by atoms with Gasteiger partial charge in [-0.3, -0.25) is 0 Å². The summed E-state index contributed by atoms with van der Waals surface area (Å²) in [7, 11) is 3.21. The Balaban J connectivity index is 1.96. The Bertz CT molecular complexity index is 752. The predicted octanol–water partition coefficient (Wildman–Crippen LogP) is 1.79. The highest BCUT2D eigenvalue weighted by atomic mass is 16.5. The van der Waals surface area contributed by atoms with E-state index in [9.17, 15) is 0 Å². The zero-order valence-electron chi connectivity index (χ0n) is 14.5. The van der Waals surface area contributed by atoms with Crippen molar-refractivity contribution in [1.29, 1.82) is 0 Å². The highest BCUT2D eigenvalue weighted by Gasteiger charge is 1.98. The first-order valence-corrected chi connectivity index (χ1v) is 7.64. The van der Waals surface area contributed by atoms with Gasteiger partial charge in [0.05, 0.1) is 26.6 Å². The number of hydrogen-bond acceptors (Lipinski definition) is 6. The third-order valence-electron chi connectivity index (χ3n) is 3.24. The molecule has 26 heavy (non-hydrogen) atoms. The quantitative estimate of drug-likeness (QED) is 0.468. The van der Waals surface area contributed by atoms with Gasteiger partial charge in [-0.1, -0.05) is 0 Å². The number of nitrogens with zero attached hydrogens (tertiary/aromatic N) is 4. The smallest absolute Gasteiger partial charge is 0.190 e. The van der Waals surface area contributed by atoms with Crippen LogP contribution in [0.15, 0.2) is 68.9 Å². The highest BCUT2D eigenvalue weighted by Crippen LogP contribution is 2.10. The molecule has 2 aromatic rings. The zero-order valence-corrected chi connectivity index (χ0v) is 14.5. The van der Waals surface area contributed by atoms with Crippen LogP contribution >= 0.6 is 0 Å². The van der Waals surface area contributed by atoms with Crippen LogP contribution in [0.1, 0.15) is 11.1 Å². The third-order valence-corrected chi connectivity index (χ3v) is 3.24. The van der Waals surface area contributed by atoms with Crippen molar-refractivity contribution in [2.45, 2.75) is 0 Å². The van der Waals surface area contributed by atoms with Gasteiger partial charge in [-0.15, -0.1) is 10.2 Å². The molecule has 0 heterocycles. The second-order valence-electron chi connectivity index (χ2n) is 5.01. The molecular formula is C18H20N6O2. The SMILES string of the molecule is COc1ccc(\C=N/N=C(N)\C(N)=N/N=C/c2ccc(OC)cc2)cc1. The van der Waals surface area contributed by atoms with Gasteiger partial charge in [-0.05, 0) is 59.7 Å². The lowest BCUT2D eigenvalue weighted by molar-refractivity contribution is 0.414. The molecule has 0 unspecified atom stereocenters. The Hall–Kier alpha value is -3.68. The Morgan fingerprint density at radius 2 is 1.04 bits per heavy atom. The molecule has 0 fully saturated rings. The molecular weight excluding hydrogens is 332 g/mol. The Morgan fingerprint density at radius 1 is 0.692 bits per heavy atom. The topological polar surface area (TPSA) is 120 Å². The van der Waals surface area contributed by atoms with Gasteiger partial charge in [0.15, 0.2) is 11.7 Å². The van der Waals surface area contributed by atoms with Crippen LogP contribution in [0.4, 0.5) is 0 Å². The van der Waals surface area contributed by atoms with Gasteiger partial charge in [0, 0.05) is 0 Å². The minimum Gasteiger partial charge on any atom is -0.497 e. The standard InChI is InChI=1S/C18H20N6O2/c1-25-15-7-3-13(4-8-15)11-21-23-17(19)18(20)24-22-12-14-5-9-16(26-2)10-6-14/h3-12H,1-2H3,(H2,19,23)(H2,20,24)/b21-11-,22-12+. The average Bonchev–Trinajstić information content (AvgIpc) is 2.68. The van der Waals surface area contributed by atoms with Crippen LogP contribution in [0, 0.1) is 0 Å². The van der Waals surface area contributed by atoms with Crippen LogP contribution in [0.5, 0.6) is 11.5 Å². The van der Waals surface area contributed by atoms with Crippen LogP contribution in [0.25, 0.3) is 0 Å². The largest absolute Gasteiger partial charge is 0.497 e. The summed E-state index contributed by atoms with van der Waals surface area (Å²) in [5, 5.41) is 15.3. The second-order valence-corrected chi connectivity index (χ2v) is 5.01. The normalized spacial score (nSPS) is 12.7.